The molecule has 2 aromatic rings. The molecule has 1 unspecified atom stereocenters. The van der Waals surface area contributed by atoms with Crippen molar-refractivity contribution >= 4 is 38.9 Å². The van der Waals surface area contributed by atoms with Crippen LogP contribution in [-0.4, -0.2) is 37.6 Å². The number of anilines is 2. The fraction of sp³-hybridized carbons (Fsp3) is 0.278. The third-order valence-corrected chi connectivity index (χ3v) is 6.59. The van der Waals surface area contributed by atoms with Gasteiger partial charge in [-0.3, -0.25) is 4.79 Å². The molecule has 0 spiro atoms. The lowest BCUT2D eigenvalue weighted by Crippen LogP contribution is -2.35. The molecule has 0 radical (unpaired) electrons. The molecule has 2 N–H and O–H groups in total. The third kappa shape index (κ3) is 5.43. The van der Waals surface area contributed by atoms with E-state index < -0.39 is 15.6 Å². The Hall–Kier alpha value is -2.13. The normalized spacial score (nSPS) is 18.4. The van der Waals surface area contributed by atoms with Gasteiger partial charge in [0.2, 0.25) is 0 Å². The molecule has 144 valence electrons. The molecular weight excluding hydrogens is 394 g/mol. The van der Waals surface area contributed by atoms with E-state index >= 15 is 0 Å². The topological polar surface area (TPSA) is 75.3 Å². The van der Waals surface area contributed by atoms with E-state index in [-0.39, 0.29) is 23.5 Å². The number of hydrogen-bond donors (Lipinski definition) is 2. The number of amides is 1. The number of nitrogens with one attached hydrogen (secondary N) is 2. The van der Waals surface area contributed by atoms with Crippen molar-refractivity contribution in [1.29, 1.82) is 0 Å². The summed E-state index contributed by atoms with van der Waals surface area (Å²) in [5.41, 5.74) is 1.58. The van der Waals surface area contributed by atoms with Crippen molar-refractivity contribution in [3.8, 4) is 0 Å². The Morgan fingerprint density at radius 1 is 1.11 bits per heavy atom. The van der Waals surface area contributed by atoms with Crippen LogP contribution in [-0.2, 0) is 9.84 Å². The number of benzene rings is 2. The number of para-hydroxylation sites is 1. The highest BCUT2D eigenvalue weighted by Gasteiger charge is 2.29. The molecule has 0 bridgehead atoms. The largest absolute Gasteiger partial charge is 0.355 e. The SMILES string of the molecule is O=C(NC1CCS(=O)(=O)C1)c1ccccc1Nc1ccc(SC(F)F)cc1. The van der Waals surface area contributed by atoms with Gasteiger partial charge in [-0.25, -0.2) is 8.42 Å². The first kappa shape index (κ1) is 19.6. The van der Waals surface area contributed by atoms with Crippen molar-refractivity contribution in [3.63, 3.8) is 0 Å². The Kier molecular flexibility index (Phi) is 6.01. The van der Waals surface area contributed by atoms with Gasteiger partial charge in [0, 0.05) is 16.6 Å². The molecule has 1 saturated heterocycles. The van der Waals surface area contributed by atoms with E-state index in [1.54, 1.807) is 48.5 Å². The molecule has 1 amide bonds. The smallest absolute Gasteiger partial charge is 0.288 e. The predicted molar refractivity (Wildman–Crippen MR) is 103 cm³/mol. The number of halogens is 2. The Labute approximate surface area is 160 Å². The fourth-order valence-electron chi connectivity index (χ4n) is 2.84. The monoisotopic (exact) mass is 412 g/mol. The van der Waals surface area contributed by atoms with Gasteiger partial charge in [-0.05, 0) is 42.8 Å². The summed E-state index contributed by atoms with van der Waals surface area (Å²) >= 11 is 0.465. The highest BCUT2D eigenvalue weighted by molar-refractivity contribution is 7.99. The molecule has 0 aliphatic carbocycles. The number of thioether (sulfide) groups is 1. The van der Waals surface area contributed by atoms with Crippen LogP contribution in [0.3, 0.4) is 0 Å². The molecule has 5 nitrogen and oxygen atoms in total. The number of hydrogen-bond acceptors (Lipinski definition) is 5. The minimum absolute atomic E-state index is 0.0440. The second-order valence-corrected chi connectivity index (χ2v) is 9.44. The lowest BCUT2D eigenvalue weighted by atomic mass is 10.1. The number of carbonyl (C=O) groups is 1. The zero-order valence-corrected chi connectivity index (χ0v) is 15.8. The van der Waals surface area contributed by atoms with Crippen LogP contribution in [0.1, 0.15) is 16.8 Å². The van der Waals surface area contributed by atoms with E-state index in [0.29, 0.717) is 40.0 Å². The van der Waals surface area contributed by atoms with Gasteiger partial charge in [-0.1, -0.05) is 23.9 Å². The van der Waals surface area contributed by atoms with Gasteiger partial charge in [0.25, 0.3) is 11.7 Å². The van der Waals surface area contributed by atoms with Crippen molar-refractivity contribution in [2.24, 2.45) is 0 Å². The summed E-state index contributed by atoms with van der Waals surface area (Å²) < 4.78 is 47.9. The summed E-state index contributed by atoms with van der Waals surface area (Å²) in [4.78, 5) is 13.0. The predicted octanol–water partition coefficient (Wildman–Crippen LogP) is 3.66. The summed E-state index contributed by atoms with van der Waals surface area (Å²) in [6, 6.07) is 12.9. The minimum atomic E-state index is -3.08. The first-order valence-electron chi connectivity index (χ1n) is 8.24. The van der Waals surface area contributed by atoms with Gasteiger partial charge in [0.05, 0.1) is 22.8 Å². The molecule has 1 aliphatic heterocycles. The molecule has 27 heavy (non-hydrogen) atoms. The Bertz CT molecular complexity index is 918. The van der Waals surface area contributed by atoms with Gasteiger partial charge in [0.1, 0.15) is 0 Å². The third-order valence-electron chi connectivity index (χ3n) is 4.10. The van der Waals surface area contributed by atoms with Crippen LogP contribution in [0.15, 0.2) is 53.4 Å². The molecule has 3 rings (SSSR count). The molecule has 0 saturated carbocycles. The minimum Gasteiger partial charge on any atom is -0.355 e. The van der Waals surface area contributed by atoms with Gasteiger partial charge in [-0.15, -0.1) is 0 Å². The Balaban J connectivity index is 1.71. The lowest BCUT2D eigenvalue weighted by Gasteiger charge is -2.15. The fourth-order valence-corrected chi connectivity index (χ4v) is 5.01. The van der Waals surface area contributed by atoms with Crippen LogP contribution >= 0.6 is 11.8 Å². The summed E-state index contributed by atoms with van der Waals surface area (Å²) in [6.45, 7) is 0. The second-order valence-electron chi connectivity index (χ2n) is 6.15. The van der Waals surface area contributed by atoms with Crippen LogP contribution in [0, 0.1) is 0 Å². The molecule has 9 heteroatoms. The van der Waals surface area contributed by atoms with Gasteiger partial charge in [0.15, 0.2) is 9.84 Å². The van der Waals surface area contributed by atoms with Crippen molar-refractivity contribution in [1.82, 2.24) is 5.32 Å². The maximum absolute atomic E-state index is 12.6. The molecule has 1 heterocycles. The van der Waals surface area contributed by atoms with E-state index in [2.05, 4.69) is 10.6 Å². The van der Waals surface area contributed by atoms with Crippen molar-refractivity contribution in [2.45, 2.75) is 23.1 Å². The first-order valence-corrected chi connectivity index (χ1v) is 10.9. The maximum atomic E-state index is 12.6. The Morgan fingerprint density at radius 3 is 2.44 bits per heavy atom. The zero-order chi connectivity index (χ0) is 19.4. The van der Waals surface area contributed by atoms with Gasteiger partial charge < -0.3 is 10.6 Å². The van der Waals surface area contributed by atoms with Crippen molar-refractivity contribution in [2.75, 3.05) is 16.8 Å². The van der Waals surface area contributed by atoms with E-state index in [1.807, 2.05) is 0 Å². The van der Waals surface area contributed by atoms with Crippen molar-refractivity contribution < 1.29 is 22.0 Å². The molecule has 1 atom stereocenters. The van der Waals surface area contributed by atoms with Crippen LogP contribution in [0.25, 0.3) is 0 Å². The second kappa shape index (κ2) is 8.26. The zero-order valence-electron chi connectivity index (χ0n) is 14.2. The highest BCUT2D eigenvalue weighted by atomic mass is 32.2. The summed E-state index contributed by atoms with van der Waals surface area (Å²) in [7, 11) is -3.08. The summed E-state index contributed by atoms with van der Waals surface area (Å²) in [5, 5.41) is 5.86. The van der Waals surface area contributed by atoms with Crippen LogP contribution < -0.4 is 10.6 Å². The molecule has 0 aromatic heterocycles. The standard InChI is InChI=1S/C18H18F2N2O3S2/c19-18(20)26-14-7-5-12(6-8-14)21-16-4-2-1-3-15(16)17(23)22-13-9-10-27(24,25)11-13/h1-8,13,18,21H,9-11H2,(H,22,23). The van der Waals surface area contributed by atoms with E-state index in [4.69, 9.17) is 0 Å². The number of rotatable bonds is 6. The van der Waals surface area contributed by atoms with E-state index in [0.717, 1.165) is 0 Å². The molecular formula is C18H18F2N2O3S2. The lowest BCUT2D eigenvalue weighted by molar-refractivity contribution is 0.0942. The maximum Gasteiger partial charge on any atom is 0.288 e. The average Bonchev–Trinajstić information content (AvgIpc) is 2.95. The summed E-state index contributed by atoms with van der Waals surface area (Å²) in [5.74, 6) is -2.80. The van der Waals surface area contributed by atoms with E-state index in [1.165, 1.54) is 0 Å². The molecule has 1 aliphatic rings. The van der Waals surface area contributed by atoms with Gasteiger partial charge in [-0.2, -0.15) is 8.78 Å². The average molecular weight is 412 g/mol. The highest BCUT2D eigenvalue weighted by Crippen LogP contribution is 2.28. The Morgan fingerprint density at radius 2 is 1.81 bits per heavy atom. The number of sulfone groups is 1. The van der Waals surface area contributed by atoms with Crippen LogP contribution in [0.2, 0.25) is 0 Å². The quantitative estimate of drug-likeness (QED) is 0.709. The summed E-state index contributed by atoms with van der Waals surface area (Å²) in [6.07, 6.45) is 0.410. The van der Waals surface area contributed by atoms with Crippen LogP contribution in [0.4, 0.5) is 20.2 Å². The van der Waals surface area contributed by atoms with Crippen molar-refractivity contribution in [3.05, 3.63) is 54.1 Å². The molecule has 2 aromatic carbocycles. The van der Waals surface area contributed by atoms with Crippen LogP contribution in [0.5, 0.6) is 0 Å². The van der Waals surface area contributed by atoms with E-state index in [9.17, 15) is 22.0 Å². The number of alkyl halides is 2. The van der Waals surface area contributed by atoms with Gasteiger partial charge >= 0.3 is 0 Å². The first-order chi connectivity index (χ1) is 12.8. The number of carbonyl (C=O) groups excluding carboxylic acids is 1. The molecule has 1 fully saturated rings.